The van der Waals surface area contributed by atoms with E-state index in [2.05, 4.69) is 9.88 Å². The zero-order valence-corrected chi connectivity index (χ0v) is 19.7. The molecule has 1 fully saturated rings. The Hall–Kier alpha value is -2.66. The number of carbonyl (C=O) groups excluding carboxylic acids is 1. The molecule has 0 radical (unpaired) electrons. The summed E-state index contributed by atoms with van der Waals surface area (Å²) in [6.45, 7) is 4.62. The van der Waals surface area contributed by atoms with Crippen molar-refractivity contribution < 1.29 is 23.4 Å². The number of nitrogens with zero attached hydrogens (tertiary/aromatic N) is 3. The number of aryl methyl sites for hydroxylation is 1. The average molecular weight is 491 g/mol. The molecule has 10 heteroatoms. The molecule has 3 N–H and O–H groups in total. The predicted molar refractivity (Wildman–Crippen MR) is 127 cm³/mol. The van der Waals surface area contributed by atoms with E-state index in [0.717, 1.165) is 15.2 Å². The Bertz CT molecular complexity index is 1130. The molecule has 2 atom stereocenters. The van der Waals surface area contributed by atoms with Crippen LogP contribution in [0.4, 0.5) is 8.78 Å². The number of nitrogens with two attached hydrogens (primary N) is 1. The summed E-state index contributed by atoms with van der Waals surface area (Å²) >= 11 is 1.62. The van der Waals surface area contributed by atoms with Gasteiger partial charge < -0.3 is 15.6 Å². The van der Waals surface area contributed by atoms with Crippen molar-refractivity contribution in [3.05, 3.63) is 58.6 Å². The normalized spacial score (nSPS) is 17.1. The van der Waals surface area contributed by atoms with Crippen LogP contribution in [-0.2, 0) is 4.79 Å². The van der Waals surface area contributed by atoms with Crippen LogP contribution in [0.1, 0.15) is 23.0 Å². The predicted octanol–water partition coefficient (Wildman–Crippen LogP) is 2.86. The lowest BCUT2D eigenvalue weighted by Gasteiger charge is -2.39. The summed E-state index contributed by atoms with van der Waals surface area (Å²) in [5, 5.41) is 11.5. The molecule has 182 valence electrons. The molecular formula is C24H28F2N4O3S. The van der Waals surface area contributed by atoms with Gasteiger partial charge in [0.1, 0.15) is 30.1 Å². The molecule has 4 rings (SSSR count). The van der Waals surface area contributed by atoms with Crippen molar-refractivity contribution >= 4 is 27.5 Å². The van der Waals surface area contributed by atoms with Gasteiger partial charge in [0.25, 0.3) is 0 Å². The quantitative estimate of drug-likeness (QED) is 0.479. The number of rotatable bonds is 9. The first kappa shape index (κ1) is 24.5. The van der Waals surface area contributed by atoms with Gasteiger partial charge in [-0.2, -0.15) is 0 Å². The van der Waals surface area contributed by atoms with Crippen LogP contribution in [0, 0.1) is 18.6 Å². The van der Waals surface area contributed by atoms with Gasteiger partial charge in [0.15, 0.2) is 0 Å². The molecule has 1 amide bonds. The number of aliphatic hydroxyl groups excluding tert-OH is 1. The lowest BCUT2D eigenvalue weighted by atomic mass is 9.99. The second-order valence-electron chi connectivity index (χ2n) is 8.49. The molecule has 2 aromatic carbocycles. The number of ether oxygens (including phenoxy) is 1. The van der Waals surface area contributed by atoms with E-state index in [9.17, 15) is 18.7 Å². The lowest BCUT2D eigenvalue weighted by Crippen LogP contribution is -2.50. The number of amides is 1. The second kappa shape index (κ2) is 10.7. The molecule has 1 aromatic heterocycles. The Morgan fingerprint density at radius 1 is 1.21 bits per heavy atom. The first-order chi connectivity index (χ1) is 16.3. The minimum Gasteiger partial charge on any atom is -0.491 e. The maximum Gasteiger partial charge on any atom is 0.219 e. The molecule has 0 bridgehead atoms. The minimum atomic E-state index is -0.765. The van der Waals surface area contributed by atoms with Crippen LogP contribution in [0.25, 0.3) is 10.2 Å². The summed E-state index contributed by atoms with van der Waals surface area (Å²) in [5.41, 5.74) is 6.12. The molecule has 2 heterocycles. The molecule has 1 aliphatic heterocycles. The third kappa shape index (κ3) is 5.87. The number of thiazole rings is 1. The van der Waals surface area contributed by atoms with Gasteiger partial charge in [-0.05, 0) is 31.2 Å². The Kier molecular flexibility index (Phi) is 7.72. The van der Waals surface area contributed by atoms with E-state index in [1.54, 1.807) is 11.3 Å². The van der Waals surface area contributed by atoms with Gasteiger partial charge in [-0.25, -0.2) is 13.8 Å². The monoisotopic (exact) mass is 490 g/mol. The molecule has 3 aromatic rings. The molecule has 0 spiro atoms. The zero-order valence-electron chi connectivity index (χ0n) is 18.9. The molecule has 0 saturated carbocycles. The molecule has 34 heavy (non-hydrogen) atoms. The summed E-state index contributed by atoms with van der Waals surface area (Å²) in [6.07, 6.45) is -0.873. The largest absolute Gasteiger partial charge is 0.491 e. The van der Waals surface area contributed by atoms with Crippen molar-refractivity contribution in [3.63, 3.8) is 0 Å². The highest BCUT2D eigenvalue weighted by Gasteiger charge is 2.30. The van der Waals surface area contributed by atoms with Crippen LogP contribution in [0.15, 0.2) is 36.4 Å². The molecule has 2 unspecified atom stereocenters. The maximum atomic E-state index is 14.4. The lowest BCUT2D eigenvalue weighted by molar-refractivity contribution is -0.119. The van der Waals surface area contributed by atoms with Crippen LogP contribution < -0.4 is 10.5 Å². The number of aliphatic hydroxyl groups is 1. The number of benzene rings is 2. The smallest absolute Gasteiger partial charge is 0.219 e. The van der Waals surface area contributed by atoms with Crippen LogP contribution in [0.2, 0.25) is 0 Å². The highest BCUT2D eigenvalue weighted by Crippen LogP contribution is 2.30. The number of primary amides is 1. The van der Waals surface area contributed by atoms with Crippen molar-refractivity contribution in [2.45, 2.75) is 25.5 Å². The summed E-state index contributed by atoms with van der Waals surface area (Å²) in [5.74, 6) is -1.34. The van der Waals surface area contributed by atoms with Crippen LogP contribution in [-0.4, -0.2) is 71.2 Å². The van der Waals surface area contributed by atoms with Crippen molar-refractivity contribution in [1.29, 1.82) is 0 Å². The molecule has 1 saturated heterocycles. The van der Waals surface area contributed by atoms with Gasteiger partial charge in [-0.15, -0.1) is 11.3 Å². The number of fused-ring (bicyclic) bond motifs is 1. The van der Waals surface area contributed by atoms with E-state index in [1.807, 2.05) is 30.0 Å². The van der Waals surface area contributed by atoms with Crippen molar-refractivity contribution in [1.82, 2.24) is 14.8 Å². The second-order valence-corrected chi connectivity index (χ2v) is 9.72. The van der Waals surface area contributed by atoms with E-state index in [0.29, 0.717) is 38.5 Å². The fraction of sp³-hybridized carbons (Fsp3) is 0.417. The number of β-amino-alcohol motifs (C(OH)–C–C–N with tert-alkyl or cyclic N) is 1. The maximum absolute atomic E-state index is 14.4. The highest BCUT2D eigenvalue weighted by molar-refractivity contribution is 7.18. The molecule has 0 aliphatic carbocycles. The summed E-state index contributed by atoms with van der Waals surface area (Å²) < 4.78 is 35.6. The van der Waals surface area contributed by atoms with Gasteiger partial charge in [-0.3, -0.25) is 14.6 Å². The molecule has 1 aliphatic rings. The van der Waals surface area contributed by atoms with Crippen LogP contribution in [0.5, 0.6) is 5.75 Å². The fourth-order valence-corrected chi connectivity index (χ4v) is 5.15. The fourth-order valence-electron chi connectivity index (χ4n) is 4.35. The number of hydrogen-bond donors (Lipinski definition) is 2. The summed E-state index contributed by atoms with van der Waals surface area (Å²) in [4.78, 5) is 20.0. The minimum absolute atomic E-state index is 0.129. The van der Waals surface area contributed by atoms with E-state index in [4.69, 9.17) is 10.5 Å². The van der Waals surface area contributed by atoms with Crippen molar-refractivity contribution in [2.24, 2.45) is 5.73 Å². The number of carbonyl (C=O) groups is 1. The van der Waals surface area contributed by atoms with E-state index in [-0.39, 0.29) is 18.6 Å². The van der Waals surface area contributed by atoms with Gasteiger partial charge in [0.05, 0.1) is 15.2 Å². The van der Waals surface area contributed by atoms with E-state index in [1.165, 1.54) is 18.2 Å². The van der Waals surface area contributed by atoms with E-state index >= 15 is 0 Å². The SMILES string of the molecule is Cc1nc2cc(OCC(O)CN3CCN(C(CC(N)=O)c4c(F)cccc4F)CC3)ccc2s1. The topological polar surface area (TPSA) is 91.9 Å². The van der Waals surface area contributed by atoms with Crippen molar-refractivity contribution in [3.8, 4) is 5.75 Å². The standard InChI is InChI=1S/C24H28F2N4O3S/c1-15-28-20-11-17(5-6-22(20)34-15)33-14-16(31)13-29-7-9-30(10-8-29)21(12-23(27)32)24-18(25)3-2-4-19(24)26/h2-6,11,16,21,31H,7-10,12-14H2,1H3,(H2,27,32). The Morgan fingerprint density at radius 2 is 1.91 bits per heavy atom. The van der Waals surface area contributed by atoms with Gasteiger partial charge >= 0.3 is 0 Å². The third-order valence-corrected chi connectivity index (χ3v) is 6.90. The zero-order chi connectivity index (χ0) is 24.2. The first-order valence-corrected chi connectivity index (χ1v) is 12.0. The van der Waals surface area contributed by atoms with Gasteiger partial charge in [0, 0.05) is 56.8 Å². The summed E-state index contributed by atoms with van der Waals surface area (Å²) in [6, 6.07) is 8.60. The average Bonchev–Trinajstić information content (AvgIpc) is 3.16. The van der Waals surface area contributed by atoms with E-state index < -0.39 is 29.7 Å². The van der Waals surface area contributed by atoms with Crippen molar-refractivity contribution in [2.75, 3.05) is 39.3 Å². The number of halogens is 2. The number of piperazine rings is 1. The highest BCUT2D eigenvalue weighted by atomic mass is 32.1. The Labute approximate surface area is 200 Å². The third-order valence-electron chi connectivity index (χ3n) is 5.95. The molecule has 7 nitrogen and oxygen atoms in total. The Balaban J connectivity index is 1.30. The first-order valence-electron chi connectivity index (χ1n) is 11.2. The van der Waals surface area contributed by atoms with Crippen LogP contribution in [0.3, 0.4) is 0 Å². The number of aromatic nitrogens is 1. The Morgan fingerprint density at radius 3 is 2.59 bits per heavy atom. The molecular weight excluding hydrogens is 462 g/mol. The van der Waals surface area contributed by atoms with Gasteiger partial charge in [-0.1, -0.05) is 6.07 Å². The van der Waals surface area contributed by atoms with Gasteiger partial charge in [0.2, 0.25) is 5.91 Å². The number of hydrogen-bond acceptors (Lipinski definition) is 7. The van der Waals surface area contributed by atoms with Crippen LogP contribution >= 0.6 is 11.3 Å². The summed E-state index contributed by atoms with van der Waals surface area (Å²) in [7, 11) is 0.